The summed E-state index contributed by atoms with van der Waals surface area (Å²) in [5.74, 6) is 0.963. The van der Waals surface area contributed by atoms with Crippen molar-refractivity contribution in [2.24, 2.45) is 0 Å². The number of hydrogen-bond donors (Lipinski definition) is 1. The molecule has 0 aliphatic heterocycles. The van der Waals surface area contributed by atoms with Crippen LogP contribution in [0.3, 0.4) is 0 Å². The Hall–Kier alpha value is -1.02. The summed E-state index contributed by atoms with van der Waals surface area (Å²) < 4.78 is 5.41. The van der Waals surface area contributed by atoms with Gasteiger partial charge in [-0.1, -0.05) is 38.8 Å². The lowest BCUT2D eigenvalue weighted by Crippen LogP contribution is -2.59. The fourth-order valence-electron chi connectivity index (χ4n) is 3.95. The Morgan fingerprint density at radius 3 is 2.63 bits per heavy atom. The van der Waals surface area contributed by atoms with Crippen molar-refractivity contribution in [2.45, 2.75) is 56.9 Å². The molecule has 19 heavy (non-hydrogen) atoms. The molecular weight excluding hydrogens is 234 g/mol. The molecule has 0 spiro atoms. The van der Waals surface area contributed by atoms with Crippen LogP contribution < -0.4 is 10.1 Å². The molecule has 1 aliphatic carbocycles. The van der Waals surface area contributed by atoms with E-state index in [2.05, 4.69) is 44.4 Å². The summed E-state index contributed by atoms with van der Waals surface area (Å²) in [7, 11) is 3.86. The third kappa shape index (κ3) is 2.27. The summed E-state index contributed by atoms with van der Waals surface area (Å²) in [6.07, 6.45) is 6.31. The molecule has 0 radical (unpaired) electrons. The molecule has 0 bridgehead atoms. The fourth-order valence-corrected chi connectivity index (χ4v) is 3.95. The Kier molecular flexibility index (Phi) is 4.19. The molecule has 2 nitrogen and oxygen atoms in total. The van der Waals surface area contributed by atoms with Crippen molar-refractivity contribution in [1.82, 2.24) is 5.32 Å². The van der Waals surface area contributed by atoms with Gasteiger partial charge in [0.1, 0.15) is 5.75 Å². The highest BCUT2D eigenvalue weighted by Crippen LogP contribution is 2.48. The van der Waals surface area contributed by atoms with Gasteiger partial charge in [-0.3, -0.25) is 0 Å². The van der Waals surface area contributed by atoms with Gasteiger partial charge in [0.05, 0.1) is 7.11 Å². The largest absolute Gasteiger partial charge is 0.497 e. The lowest BCUT2D eigenvalue weighted by atomic mass is 9.58. The maximum absolute atomic E-state index is 5.41. The van der Waals surface area contributed by atoms with E-state index in [0.717, 1.165) is 12.2 Å². The maximum atomic E-state index is 5.41. The van der Waals surface area contributed by atoms with Crippen LogP contribution in [0.4, 0.5) is 0 Å². The van der Waals surface area contributed by atoms with Crippen LogP contribution in [-0.4, -0.2) is 19.7 Å². The van der Waals surface area contributed by atoms with Gasteiger partial charge >= 0.3 is 0 Å². The smallest absolute Gasteiger partial charge is 0.119 e. The highest BCUT2D eigenvalue weighted by molar-refractivity contribution is 5.37. The van der Waals surface area contributed by atoms with Crippen LogP contribution in [0.5, 0.6) is 5.75 Å². The maximum Gasteiger partial charge on any atom is 0.119 e. The molecule has 1 aromatic carbocycles. The first-order valence-electron chi connectivity index (χ1n) is 7.45. The van der Waals surface area contributed by atoms with E-state index in [1.54, 1.807) is 7.11 Å². The molecule has 2 heteroatoms. The number of nitrogens with one attached hydrogen (secondary N) is 1. The standard InChI is InChI=1S/C17H27NO/c1-5-17(18-3)12-7-6-11-16(17,2)14-9-8-10-15(13-14)19-4/h8-10,13,18H,5-7,11-12H2,1-4H3. The van der Waals surface area contributed by atoms with E-state index < -0.39 is 0 Å². The molecule has 106 valence electrons. The van der Waals surface area contributed by atoms with Gasteiger partial charge in [0.25, 0.3) is 0 Å². The van der Waals surface area contributed by atoms with Crippen molar-refractivity contribution >= 4 is 0 Å². The van der Waals surface area contributed by atoms with E-state index in [1.165, 1.54) is 31.2 Å². The Balaban J connectivity index is 2.47. The summed E-state index contributed by atoms with van der Waals surface area (Å²) in [5.41, 5.74) is 1.80. The number of ether oxygens (including phenoxy) is 1. The van der Waals surface area contributed by atoms with Crippen LogP contribution >= 0.6 is 0 Å². The summed E-state index contributed by atoms with van der Waals surface area (Å²) in [4.78, 5) is 0. The van der Waals surface area contributed by atoms with Crippen LogP contribution in [0.25, 0.3) is 0 Å². The van der Waals surface area contributed by atoms with Crippen LogP contribution in [-0.2, 0) is 5.41 Å². The predicted octanol–water partition coefficient (Wildman–Crippen LogP) is 3.90. The van der Waals surface area contributed by atoms with Crippen molar-refractivity contribution in [1.29, 1.82) is 0 Å². The second-order valence-corrected chi connectivity index (χ2v) is 5.96. The fraction of sp³-hybridized carbons (Fsp3) is 0.647. The van der Waals surface area contributed by atoms with E-state index in [0.29, 0.717) is 0 Å². The van der Waals surface area contributed by atoms with Crippen molar-refractivity contribution in [2.75, 3.05) is 14.2 Å². The average Bonchev–Trinajstić information content (AvgIpc) is 2.48. The van der Waals surface area contributed by atoms with E-state index in [-0.39, 0.29) is 11.0 Å². The van der Waals surface area contributed by atoms with E-state index in [1.807, 2.05) is 6.07 Å². The third-order valence-electron chi connectivity index (χ3n) is 5.38. The second kappa shape index (κ2) is 5.54. The minimum atomic E-state index is 0.184. The summed E-state index contributed by atoms with van der Waals surface area (Å²) in [6.45, 7) is 4.72. The van der Waals surface area contributed by atoms with E-state index in [4.69, 9.17) is 4.74 Å². The number of rotatable bonds is 4. The summed E-state index contributed by atoms with van der Waals surface area (Å²) in [5, 5.41) is 3.65. The molecule has 0 aromatic heterocycles. The second-order valence-electron chi connectivity index (χ2n) is 5.96. The van der Waals surface area contributed by atoms with Gasteiger partial charge in [0.15, 0.2) is 0 Å². The van der Waals surface area contributed by atoms with Crippen molar-refractivity contribution < 1.29 is 4.74 Å². The topological polar surface area (TPSA) is 21.3 Å². The first kappa shape index (κ1) is 14.4. The van der Waals surface area contributed by atoms with Crippen LogP contribution in [0.15, 0.2) is 24.3 Å². The zero-order chi connectivity index (χ0) is 13.9. The summed E-state index contributed by atoms with van der Waals surface area (Å²) in [6, 6.07) is 8.62. The first-order chi connectivity index (χ1) is 9.12. The molecular formula is C17H27NO. The monoisotopic (exact) mass is 261 g/mol. The van der Waals surface area contributed by atoms with Gasteiger partial charge in [0, 0.05) is 11.0 Å². The Labute approximate surface area is 117 Å². The van der Waals surface area contributed by atoms with Crippen LogP contribution in [0.2, 0.25) is 0 Å². The zero-order valence-electron chi connectivity index (χ0n) is 12.8. The molecule has 1 aliphatic rings. The molecule has 0 amide bonds. The third-order valence-corrected chi connectivity index (χ3v) is 5.38. The molecule has 0 saturated heterocycles. The zero-order valence-corrected chi connectivity index (χ0v) is 12.8. The molecule has 2 rings (SSSR count). The van der Waals surface area contributed by atoms with Crippen LogP contribution in [0, 0.1) is 0 Å². The normalized spacial score (nSPS) is 31.2. The van der Waals surface area contributed by atoms with Crippen molar-refractivity contribution in [3.05, 3.63) is 29.8 Å². The molecule has 2 atom stereocenters. The lowest BCUT2D eigenvalue weighted by Gasteiger charge is -2.52. The molecule has 1 saturated carbocycles. The Morgan fingerprint density at radius 2 is 2.00 bits per heavy atom. The lowest BCUT2D eigenvalue weighted by molar-refractivity contribution is 0.118. The predicted molar refractivity (Wildman–Crippen MR) is 80.9 cm³/mol. The highest BCUT2D eigenvalue weighted by atomic mass is 16.5. The van der Waals surface area contributed by atoms with Gasteiger partial charge in [0.2, 0.25) is 0 Å². The van der Waals surface area contributed by atoms with Gasteiger partial charge in [-0.2, -0.15) is 0 Å². The van der Waals surface area contributed by atoms with E-state index >= 15 is 0 Å². The minimum Gasteiger partial charge on any atom is -0.497 e. The summed E-state index contributed by atoms with van der Waals surface area (Å²) >= 11 is 0. The van der Waals surface area contributed by atoms with Gasteiger partial charge in [-0.05, 0) is 44.0 Å². The van der Waals surface area contributed by atoms with E-state index in [9.17, 15) is 0 Å². The average molecular weight is 261 g/mol. The van der Waals surface area contributed by atoms with Gasteiger partial charge < -0.3 is 10.1 Å². The van der Waals surface area contributed by atoms with Crippen molar-refractivity contribution in [3.8, 4) is 5.75 Å². The number of methoxy groups -OCH3 is 1. The van der Waals surface area contributed by atoms with Gasteiger partial charge in [-0.15, -0.1) is 0 Å². The molecule has 0 heterocycles. The van der Waals surface area contributed by atoms with Crippen molar-refractivity contribution in [3.63, 3.8) is 0 Å². The molecule has 2 unspecified atom stereocenters. The first-order valence-corrected chi connectivity index (χ1v) is 7.45. The number of hydrogen-bond acceptors (Lipinski definition) is 2. The minimum absolute atomic E-state index is 0.184. The Morgan fingerprint density at radius 1 is 1.26 bits per heavy atom. The highest BCUT2D eigenvalue weighted by Gasteiger charge is 2.48. The number of benzene rings is 1. The quantitative estimate of drug-likeness (QED) is 0.887. The molecule has 1 fully saturated rings. The SMILES string of the molecule is CCC1(NC)CCCCC1(C)c1cccc(OC)c1. The van der Waals surface area contributed by atoms with Crippen LogP contribution in [0.1, 0.15) is 51.5 Å². The number of likely N-dealkylation sites (N-methyl/N-ethyl adjacent to an activating group) is 1. The molecule has 1 aromatic rings. The van der Waals surface area contributed by atoms with Gasteiger partial charge in [-0.25, -0.2) is 0 Å². The molecule has 1 N–H and O–H groups in total. The Bertz CT molecular complexity index is 425.